The van der Waals surface area contributed by atoms with Crippen LogP contribution in [0.2, 0.25) is 0 Å². The fraction of sp³-hybridized carbons (Fsp3) is 0.235. The highest BCUT2D eigenvalue weighted by Crippen LogP contribution is 2.31. The Balaban J connectivity index is 1.54. The van der Waals surface area contributed by atoms with Gasteiger partial charge in [-0.15, -0.1) is 22.7 Å². The Bertz CT molecular complexity index is 902. The smallest absolute Gasteiger partial charge is 0.250 e. The van der Waals surface area contributed by atoms with Gasteiger partial charge in [0, 0.05) is 4.88 Å². The molecule has 130 valence electrons. The standard InChI is InChI=1S/C17H17N3O2S3/c1-3-22-12-4-5-13-14(8-12)25-17(19-13)24-10-16(21)20-18-9-15-11(2)6-7-23-15/h4-9H,3,10H2,1-2H3,(H,20,21)/b18-9+. The fourth-order valence-electron chi connectivity index (χ4n) is 2.04. The quantitative estimate of drug-likeness (QED) is 0.370. The third-order valence-corrected chi connectivity index (χ3v) is 6.37. The van der Waals surface area contributed by atoms with Crippen molar-refractivity contribution in [2.24, 2.45) is 5.10 Å². The monoisotopic (exact) mass is 391 g/mol. The number of nitrogens with zero attached hydrogens (tertiary/aromatic N) is 2. The van der Waals surface area contributed by atoms with Crippen molar-refractivity contribution in [3.8, 4) is 5.75 Å². The first-order valence-electron chi connectivity index (χ1n) is 7.68. The van der Waals surface area contributed by atoms with Crippen molar-refractivity contribution >= 4 is 56.8 Å². The van der Waals surface area contributed by atoms with Crippen molar-refractivity contribution in [3.63, 3.8) is 0 Å². The van der Waals surface area contributed by atoms with Crippen molar-refractivity contribution in [1.82, 2.24) is 10.4 Å². The van der Waals surface area contributed by atoms with Crippen molar-refractivity contribution in [3.05, 3.63) is 40.1 Å². The summed E-state index contributed by atoms with van der Waals surface area (Å²) in [6.45, 7) is 4.61. The molecule has 0 bridgehead atoms. The van der Waals surface area contributed by atoms with Crippen molar-refractivity contribution in [2.45, 2.75) is 18.2 Å². The Labute approximate surface area is 158 Å². The molecule has 2 heterocycles. The number of rotatable bonds is 7. The molecule has 0 saturated heterocycles. The average Bonchev–Trinajstić information content (AvgIpc) is 3.19. The molecule has 3 aromatic rings. The van der Waals surface area contributed by atoms with Gasteiger partial charge in [0.1, 0.15) is 5.75 Å². The molecule has 0 saturated carbocycles. The molecule has 0 unspecified atom stereocenters. The average molecular weight is 392 g/mol. The second-order valence-corrected chi connectivity index (χ2v) is 8.29. The first-order valence-corrected chi connectivity index (χ1v) is 10.4. The van der Waals surface area contributed by atoms with Gasteiger partial charge in [-0.05, 0) is 49.1 Å². The van der Waals surface area contributed by atoms with Crippen LogP contribution in [0.25, 0.3) is 10.2 Å². The predicted octanol–water partition coefficient (Wildman–Crippen LogP) is 4.31. The van der Waals surface area contributed by atoms with Gasteiger partial charge >= 0.3 is 0 Å². The second kappa shape index (κ2) is 8.46. The lowest BCUT2D eigenvalue weighted by molar-refractivity contribution is -0.118. The Hall–Kier alpha value is -1.90. The summed E-state index contributed by atoms with van der Waals surface area (Å²) in [7, 11) is 0. The molecule has 25 heavy (non-hydrogen) atoms. The van der Waals surface area contributed by atoms with Gasteiger partial charge in [0.15, 0.2) is 4.34 Å². The van der Waals surface area contributed by atoms with Crippen LogP contribution in [0.4, 0.5) is 0 Å². The van der Waals surface area contributed by atoms with E-state index in [0.29, 0.717) is 6.61 Å². The fourth-order valence-corrected chi connectivity index (χ4v) is 4.72. The number of fused-ring (bicyclic) bond motifs is 1. The summed E-state index contributed by atoms with van der Waals surface area (Å²) in [4.78, 5) is 17.5. The SMILES string of the molecule is CCOc1ccc2nc(SCC(=O)N/N=C/c3sccc3C)sc2c1. The number of ether oxygens (including phenoxy) is 1. The normalized spacial score (nSPS) is 11.3. The molecule has 5 nitrogen and oxygen atoms in total. The van der Waals surface area contributed by atoms with E-state index in [1.54, 1.807) is 28.9 Å². The molecular formula is C17H17N3O2S3. The van der Waals surface area contributed by atoms with E-state index in [-0.39, 0.29) is 11.7 Å². The molecule has 2 aromatic heterocycles. The summed E-state index contributed by atoms with van der Waals surface area (Å²) in [5.41, 5.74) is 4.62. The highest BCUT2D eigenvalue weighted by atomic mass is 32.2. The van der Waals surface area contributed by atoms with Crippen molar-refractivity contribution in [2.75, 3.05) is 12.4 Å². The summed E-state index contributed by atoms with van der Waals surface area (Å²) in [6.07, 6.45) is 1.68. The minimum absolute atomic E-state index is 0.148. The van der Waals surface area contributed by atoms with E-state index in [1.807, 2.05) is 43.5 Å². The molecule has 3 rings (SSSR count). The number of hydrogen-bond donors (Lipinski definition) is 1. The van der Waals surface area contributed by atoms with Gasteiger partial charge in [0.05, 0.1) is 28.8 Å². The molecular weight excluding hydrogens is 374 g/mol. The Kier molecular flexibility index (Phi) is 6.06. The number of thiophene rings is 1. The number of carbonyl (C=O) groups excluding carboxylic acids is 1. The second-order valence-electron chi connectivity index (χ2n) is 5.09. The molecule has 0 aliphatic heterocycles. The van der Waals surface area contributed by atoms with Crippen LogP contribution < -0.4 is 10.2 Å². The van der Waals surface area contributed by atoms with Gasteiger partial charge in [-0.3, -0.25) is 4.79 Å². The van der Waals surface area contributed by atoms with Crippen LogP contribution in [0.5, 0.6) is 5.75 Å². The Morgan fingerprint density at radius 1 is 1.44 bits per heavy atom. The number of thiazole rings is 1. The van der Waals surface area contributed by atoms with E-state index in [9.17, 15) is 4.79 Å². The summed E-state index contributed by atoms with van der Waals surface area (Å²) in [5.74, 6) is 0.967. The summed E-state index contributed by atoms with van der Waals surface area (Å²) < 4.78 is 7.41. The van der Waals surface area contributed by atoms with Crippen LogP contribution in [-0.2, 0) is 4.79 Å². The lowest BCUT2D eigenvalue weighted by Gasteiger charge is -2.00. The number of thioether (sulfide) groups is 1. The minimum Gasteiger partial charge on any atom is -0.494 e. The van der Waals surface area contributed by atoms with Gasteiger partial charge in [-0.25, -0.2) is 10.4 Å². The van der Waals surface area contributed by atoms with Crippen LogP contribution in [0, 0.1) is 6.92 Å². The third kappa shape index (κ3) is 4.81. The molecule has 0 aliphatic carbocycles. The van der Waals surface area contributed by atoms with Crippen molar-refractivity contribution < 1.29 is 9.53 Å². The number of nitrogens with one attached hydrogen (secondary N) is 1. The summed E-state index contributed by atoms with van der Waals surface area (Å²) in [6, 6.07) is 7.85. The lowest BCUT2D eigenvalue weighted by Crippen LogP contribution is -2.19. The zero-order valence-corrected chi connectivity index (χ0v) is 16.3. The van der Waals surface area contributed by atoms with E-state index in [2.05, 4.69) is 15.5 Å². The first-order chi connectivity index (χ1) is 12.2. The third-order valence-electron chi connectivity index (χ3n) is 3.25. The van der Waals surface area contributed by atoms with E-state index >= 15 is 0 Å². The van der Waals surface area contributed by atoms with Crippen LogP contribution in [-0.4, -0.2) is 29.5 Å². The molecule has 0 radical (unpaired) electrons. The highest BCUT2D eigenvalue weighted by molar-refractivity contribution is 8.01. The number of carbonyl (C=O) groups is 1. The minimum atomic E-state index is -0.148. The maximum absolute atomic E-state index is 11.9. The largest absolute Gasteiger partial charge is 0.494 e. The first kappa shape index (κ1) is 17.9. The number of aryl methyl sites for hydroxylation is 1. The van der Waals surface area contributed by atoms with Gasteiger partial charge in [0.2, 0.25) is 0 Å². The molecule has 0 aliphatic rings. The van der Waals surface area contributed by atoms with Crippen molar-refractivity contribution in [1.29, 1.82) is 0 Å². The van der Waals surface area contributed by atoms with E-state index < -0.39 is 0 Å². The molecule has 1 aromatic carbocycles. The topological polar surface area (TPSA) is 63.6 Å². The van der Waals surface area contributed by atoms with Crippen LogP contribution in [0.3, 0.4) is 0 Å². The molecule has 0 atom stereocenters. The maximum atomic E-state index is 11.9. The zero-order chi connectivity index (χ0) is 17.6. The van der Waals surface area contributed by atoms with E-state index in [0.717, 1.165) is 30.7 Å². The van der Waals surface area contributed by atoms with Crippen LogP contribution in [0.15, 0.2) is 39.1 Å². The lowest BCUT2D eigenvalue weighted by atomic mass is 10.3. The molecule has 1 amide bonds. The number of hydrazone groups is 1. The molecule has 1 N–H and O–H groups in total. The van der Waals surface area contributed by atoms with E-state index in [1.165, 1.54) is 11.8 Å². The maximum Gasteiger partial charge on any atom is 0.250 e. The summed E-state index contributed by atoms with van der Waals surface area (Å²) >= 11 is 4.56. The highest BCUT2D eigenvalue weighted by Gasteiger charge is 2.08. The molecule has 0 fully saturated rings. The molecule has 8 heteroatoms. The zero-order valence-electron chi connectivity index (χ0n) is 13.8. The van der Waals surface area contributed by atoms with E-state index in [4.69, 9.17) is 4.74 Å². The Morgan fingerprint density at radius 2 is 2.32 bits per heavy atom. The van der Waals surface area contributed by atoms with Gasteiger partial charge in [-0.2, -0.15) is 5.10 Å². The predicted molar refractivity (Wildman–Crippen MR) is 106 cm³/mol. The van der Waals surface area contributed by atoms with Gasteiger partial charge in [0.25, 0.3) is 5.91 Å². The number of benzene rings is 1. The Morgan fingerprint density at radius 3 is 3.08 bits per heavy atom. The van der Waals surface area contributed by atoms with Gasteiger partial charge in [-0.1, -0.05) is 11.8 Å². The van der Waals surface area contributed by atoms with Gasteiger partial charge < -0.3 is 4.74 Å². The van der Waals surface area contributed by atoms with Crippen LogP contribution >= 0.6 is 34.4 Å². The molecule has 0 spiro atoms. The number of aromatic nitrogens is 1. The number of amides is 1. The van der Waals surface area contributed by atoms with Crippen LogP contribution in [0.1, 0.15) is 17.4 Å². The number of hydrogen-bond acceptors (Lipinski definition) is 7. The summed E-state index contributed by atoms with van der Waals surface area (Å²) in [5, 5.41) is 6.00.